The van der Waals surface area contributed by atoms with Crippen molar-refractivity contribution in [2.24, 2.45) is 5.73 Å². The van der Waals surface area contributed by atoms with Crippen molar-refractivity contribution in [2.45, 2.75) is 25.8 Å². The summed E-state index contributed by atoms with van der Waals surface area (Å²) in [6.45, 7) is 1.90. The van der Waals surface area contributed by atoms with Crippen LogP contribution in [0.4, 0.5) is 4.39 Å². The number of halogens is 2. The zero-order chi connectivity index (χ0) is 11.4. The molecule has 0 bridgehead atoms. The fourth-order valence-corrected chi connectivity index (χ4v) is 1.54. The number of carbonyl (C=O) groups excluding carboxylic acids is 1. The molecule has 82 valence electrons. The van der Waals surface area contributed by atoms with Crippen molar-refractivity contribution in [3.8, 4) is 0 Å². The Bertz CT molecular complexity index is 368. The van der Waals surface area contributed by atoms with Crippen LogP contribution in [0, 0.1) is 5.82 Å². The number of rotatable bonds is 4. The highest BCUT2D eigenvalue weighted by Crippen LogP contribution is 2.17. The Morgan fingerprint density at radius 1 is 1.60 bits per heavy atom. The highest BCUT2D eigenvalue weighted by atomic mass is 79.9. The predicted molar refractivity (Wildman–Crippen MR) is 61.3 cm³/mol. The van der Waals surface area contributed by atoms with Gasteiger partial charge in [0.25, 0.3) is 0 Å². The van der Waals surface area contributed by atoms with Gasteiger partial charge in [-0.3, -0.25) is 4.79 Å². The molecule has 0 aliphatic heterocycles. The van der Waals surface area contributed by atoms with Gasteiger partial charge in [-0.2, -0.15) is 0 Å². The van der Waals surface area contributed by atoms with Crippen molar-refractivity contribution in [2.75, 3.05) is 0 Å². The number of hydrogen-bond donors (Lipinski definition) is 1. The number of ketones is 1. The van der Waals surface area contributed by atoms with Gasteiger partial charge in [0, 0.05) is 16.9 Å². The summed E-state index contributed by atoms with van der Waals surface area (Å²) in [6.07, 6.45) is 0.902. The first-order chi connectivity index (χ1) is 7.04. The lowest BCUT2D eigenvalue weighted by Crippen LogP contribution is -2.23. The largest absolute Gasteiger partial charge is 0.327 e. The lowest BCUT2D eigenvalue weighted by molar-refractivity contribution is 0.0970. The van der Waals surface area contributed by atoms with Gasteiger partial charge in [0.05, 0.1) is 5.56 Å². The van der Waals surface area contributed by atoms with Gasteiger partial charge in [-0.25, -0.2) is 4.39 Å². The van der Waals surface area contributed by atoms with Crippen LogP contribution in [0.3, 0.4) is 0 Å². The van der Waals surface area contributed by atoms with Crippen molar-refractivity contribution >= 4 is 21.7 Å². The van der Waals surface area contributed by atoms with Crippen LogP contribution in [-0.2, 0) is 0 Å². The van der Waals surface area contributed by atoms with Gasteiger partial charge in [0.1, 0.15) is 5.82 Å². The molecule has 0 spiro atoms. The molecule has 0 saturated heterocycles. The van der Waals surface area contributed by atoms with Crippen molar-refractivity contribution in [1.82, 2.24) is 0 Å². The Morgan fingerprint density at radius 2 is 2.27 bits per heavy atom. The van der Waals surface area contributed by atoms with Crippen LogP contribution >= 0.6 is 15.9 Å². The lowest BCUT2D eigenvalue weighted by Gasteiger charge is -2.08. The van der Waals surface area contributed by atoms with Crippen LogP contribution in [0.2, 0.25) is 0 Å². The second-order valence-electron chi connectivity index (χ2n) is 3.42. The molecule has 1 atom stereocenters. The van der Waals surface area contributed by atoms with Gasteiger partial charge >= 0.3 is 0 Å². The number of Topliss-reactive ketones (excluding diaryl/α,β-unsaturated/α-hetero) is 1. The van der Waals surface area contributed by atoms with E-state index < -0.39 is 5.82 Å². The summed E-state index contributed by atoms with van der Waals surface area (Å²) in [5.41, 5.74) is 5.75. The first kappa shape index (κ1) is 12.3. The fourth-order valence-electron chi connectivity index (χ4n) is 1.21. The van der Waals surface area contributed by atoms with Gasteiger partial charge in [-0.15, -0.1) is 0 Å². The molecule has 4 heteroatoms. The van der Waals surface area contributed by atoms with E-state index in [0.29, 0.717) is 10.9 Å². The van der Waals surface area contributed by atoms with E-state index in [-0.39, 0.29) is 23.8 Å². The van der Waals surface area contributed by atoms with Crippen LogP contribution < -0.4 is 5.73 Å². The molecule has 1 aromatic carbocycles. The lowest BCUT2D eigenvalue weighted by atomic mass is 10.0. The standard InChI is InChI=1S/C11H13BrFNO/c1-2-8(14)6-11(15)9-4-3-7(12)5-10(9)13/h3-5,8H,2,6,14H2,1H3. The fraction of sp³-hybridized carbons (Fsp3) is 0.364. The molecule has 0 aromatic heterocycles. The topological polar surface area (TPSA) is 43.1 Å². The number of carbonyl (C=O) groups is 1. The third kappa shape index (κ3) is 3.39. The first-order valence-corrected chi connectivity index (χ1v) is 5.57. The minimum absolute atomic E-state index is 0.113. The first-order valence-electron chi connectivity index (χ1n) is 4.78. The average Bonchev–Trinajstić information content (AvgIpc) is 2.17. The van der Waals surface area contributed by atoms with Crippen molar-refractivity contribution < 1.29 is 9.18 Å². The molecule has 0 fully saturated rings. The molecule has 0 radical (unpaired) electrons. The normalized spacial score (nSPS) is 12.5. The van der Waals surface area contributed by atoms with Crippen LogP contribution in [0.25, 0.3) is 0 Å². The van der Waals surface area contributed by atoms with Gasteiger partial charge < -0.3 is 5.73 Å². The second kappa shape index (κ2) is 5.37. The maximum atomic E-state index is 13.4. The van der Waals surface area contributed by atoms with E-state index in [1.165, 1.54) is 12.1 Å². The van der Waals surface area contributed by atoms with E-state index in [9.17, 15) is 9.18 Å². The molecule has 0 aliphatic rings. The third-order valence-electron chi connectivity index (χ3n) is 2.20. The molecule has 0 amide bonds. The molecule has 1 aromatic rings. The summed E-state index contributed by atoms with van der Waals surface area (Å²) in [7, 11) is 0. The molecule has 2 N–H and O–H groups in total. The monoisotopic (exact) mass is 273 g/mol. The Hall–Kier alpha value is -0.740. The van der Waals surface area contributed by atoms with Gasteiger partial charge in [-0.05, 0) is 24.6 Å². The quantitative estimate of drug-likeness (QED) is 0.858. The van der Waals surface area contributed by atoms with Crippen molar-refractivity contribution in [3.05, 3.63) is 34.1 Å². The minimum atomic E-state index is -0.502. The summed E-state index contributed by atoms with van der Waals surface area (Å²) < 4.78 is 14.0. The summed E-state index contributed by atoms with van der Waals surface area (Å²) >= 11 is 3.13. The van der Waals surface area contributed by atoms with Crippen LogP contribution in [0.15, 0.2) is 22.7 Å². The van der Waals surface area contributed by atoms with Crippen LogP contribution in [0.5, 0.6) is 0 Å². The summed E-state index contributed by atoms with van der Waals surface area (Å²) in [4.78, 5) is 11.6. The molecular formula is C11H13BrFNO. The molecule has 2 nitrogen and oxygen atoms in total. The summed E-state index contributed by atoms with van der Waals surface area (Å²) in [6, 6.07) is 4.21. The van der Waals surface area contributed by atoms with E-state index in [1.54, 1.807) is 6.07 Å². The zero-order valence-electron chi connectivity index (χ0n) is 8.47. The van der Waals surface area contributed by atoms with E-state index in [2.05, 4.69) is 15.9 Å². The van der Waals surface area contributed by atoms with E-state index in [4.69, 9.17) is 5.73 Å². The Balaban J connectivity index is 2.82. The second-order valence-corrected chi connectivity index (χ2v) is 4.34. The van der Waals surface area contributed by atoms with E-state index in [1.807, 2.05) is 6.92 Å². The highest BCUT2D eigenvalue weighted by molar-refractivity contribution is 9.10. The van der Waals surface area contributed by atoms with Crippen molar-refractivity contribution in [3.63, 3.8) is 0 Å². The molecule has 0 aliphatic carbocycles. The van der Waals surface area contributed by atoms with Crippen LogP contribution in [-0.4, -0.2) is 11.8 Å². The van der Waals surface area contributed by atoms with Crippen molar-refractivity contribution in [1.29, 1.82) is 0 Å². The third-order valence-corrected chi connectivity index (χ3v) is 2.70. The molecular weight excluding hydrogens is 261 g/mol. The number of nitrogens with two attached hydrogens (primary N) is 1. The smallest absolute Gasteiger partial charge is 0.167 e. The molecule has 1 unspecified atom stereocenters. The molecule has 0 heterocycles. The number of hydrogen-bond acceptors (Lipinski definition) is 2. The zero-order valence-corrected chi connectivity index (χ0v) is 10.1. The minimum Gasteiger partial charge on any atom is -0.327 e. The number of benzene rings is 1. The summed E-state index contributed by atoms with van der Waals surface area (Å²) in [5.74, 6) is -0.743. The van der Waals surface area contributed by atoms with Gasteiger partial charge in [0.15, 0.2) is 5.78 Å². The maximum Gasteiger partial charge on any atom is 0.167 e. The van der Waals surface area contributed by atoms with E-state index in [0.717, 1.165) is 0 Å². The summed E-state index contributed by atoms with van der Waals surface area (Å²) in [5, 5.41) is 0. The van der Waals surface area contributed by atoms with E-state index >= 15 is 0 Å². The Labute approximate surface area is 96.8 Å². The van der Waals surface area contributed by atoms with Gasteiger partial charge in [-0.1, -0.05) is 22.9 Å². The highest BCUT2D eigenvalue weighted by Gasteiger charge is 2.14. The predicted octanol–water partition coefficient (Wildman–Crippen LogP) is 2.90. The Morgan fingerprint density at radius 3 is 2.80 bits per heavy atom. The average molecular weight is 274 g/mol. The molecule has 1 rings (SSSR count). The van der Waals surface area contributed by atoms with Gasteiger partial charge in [0.2, 0.25) is 0 Å². The SMILES string of the molecule is CCC(N)CC(=O)c1ccc(Br)cc1F. The maximum absolute atomic E-state index is 13.4. The molecule has 15 heavy (non-hydrogen) atoms. The molecule has 0 saturated carbocycles. The Kier molecular flexibility index (Phi) is 4.42. The van der Waals surface area contributed by atoms with Crippen LogP contribution in [0.1, 0.15) is 30.1 Å².